The zero-order chi connectivity index (χ0) is 16.8. The van der Waals surface area contributed by atoms with Crippen LogP contribution in [0.5, 0.6) is 0 Å². The van der Waals surface area contributed by atoms with E-state index in [1.165, 1.54) is 0 Å². The maximum Gasteiger partial charge on any atom is 0.274 e. The van der Waals surface area contributed by atoms with Crippen molar-refractivity contribution >= 4 is 5.91 Å². The second kappa shape index (κ2) is 5.58. The Morgan fingerprint density at radius 2 is 1.92 bits per heavy atom. The molecule has 1 amide bonds. The van der Waals surface area contributed by atoms with E-state index in [4.69, 9.17) is 4.42 Å². The Morgan fingerprint density at radius 1 is 1.16 bits per heavy atom. The molecule has 0 aromatic carbocycles. The maximum absolute atomic E-state index is 13.0. The Kier molecular flexibility index (Phi) is 3.22. The molecular weight excluding hydrogens is 320 g/mol. The van der Waals surface area contributed by atoms with Gasteiger partial charge in [-0.15, -0.1) is 0 Å². The number of aromatic nitrogens is 5. The van der Waals surface area contributed by atoms with Crippen LogP contribution in [0.3, 0.4) is 0 Å². The molecule has 0 radical (unpaired) electrons. The molecule has 8 nitrogen and oxygen atoms in total. The summed E-state index contributed by atoms with van der Waals surface area (Å²) >= 11 is 0. The lowest BCUT2D eigenvalue weighted by atomic mass is 9.97. The number of carbonyl (C=O) groups excluding carboxylic acids is 1. The SMILES string of the molecule is O=C(c1cc(-c2ccco2)[nH]n1)N1C2CCC1CC(n1nccn1)C2. The zero-order valence-electron chi connectivity index (χ0n) is 13.6. The van der Waals surface area contributed by atoms with Crippen molar-refractivity contribution in [1.82, 2.24) is 30.1 Å². The minimum absolute atomic E-state index is 0.00608. The van der Waals surface area contributed by atoms with Crippen molar-refractivity contribution in [3.63, 3.8) is 0 Å². The number of amides is 1. The molecule has 25 heavy (non-hydrogen) atoms. The Bertz CT molecular complexity index is 855. The molecule has 1 N–H and O–H groups in total. The summed E-state index contributed by atoms with van der Waals surface area (Å²) in [6.07, 6.45) is 8.87. The standard InChI is InChI=1S/C17H18N6O2/c24-17(15-10-14(20-21-15)16-2-1-7-25-16)22-11-3-4-12(22)9-13(8-11)23-18-5-6-19-23/h1-2,5-7,10-13H,3-4,8-9H2,(H,20,21). The molecule has 0 saturated carbocycles. The van der Waals surface area contributed by atoms with E-state index >= 15 is 0 Å². The first-order chi connectivity index (χ1) is 12.3. The number of nitrogens with zero attached hydrogens (tertiary/aromatic N) is 5. The molecule has 2 aliphatic heterocycles. The van der Waals surface area contributed by atoms with Crippen LogP contribution in [0.4, 0.5) is 0 Å². The summed E-state index contributed by atoms with van der Waals surface area (Å²) < 4.78 is 5.36. The lowest BCUT2D eigenvalue weighted by Gasteiger charge is -2.38. The number of H-pyrrole nitrogens is 1. The van der Waals surface area contributed by atoms with E-state index in [2.05, 4.69) is 20.4 Å². The van der Waals surface area contributed by atoms with Gasteiger partial charge in [0, 0.05) is 18.2 Å². The van der Waals surface area contributed by atoms with Gasteiger partial charge in [-0.25, -0.2) is 0 Å². The fourth-order valence-corrected chi connectivity index (χ4v) is 4.20. The van der Waals surface area contributed by atoms with E-state index in [1.54, 1.807) is 29.5 Å². The largest absolute Gasteiger partial charge is 0.463 e. The Morgan fingerprint density at radius 3 is 2.60 bits per heavy atom. The number of furan rings is 1. The van der Waals surface area contributed by atoms with Gasteiger partial charge in [0.2, 0.25) is 0 Å². The number of carbonyl (C=O) groups is 1. The number of piperidine rings is 1. The van der Waals surface area contributed by atoms with Gasteiger partial charge >= 0.3 is 0 Å². The second-order valence-electron chi connectivity index (χ2n) is 6.72. The van der Waals surface area contributed by atoms with Crippen molar-refractivity contribution in [2.45, 2.75) is 43.8 Å². The van der Waals surface area contributed by atoms with Crippen LogP contribution in [0, 0.1) is 0 Å². The summed E-state index contributed by atoms with van der Waals surface area (Å²) in [7, 11) is 0. The number of nitrogens with one attached hydrogen (secondary N) is 1. The highest BCUT2D eigenvalue weighted by Gasteiger charge is 2.44. The molecule has 0 spiro atoms. The Labute approximate surface area is 143 Å². The van der Waals surface area contributed by atoms with Gasteiger partial charge in [0.1, 0.15) is 5.69 Å². The molecule has 2 saturated heterocycles. The molecule has 5 heterocycles. The topological polar surface area (TPSA) is 92.8 Å². The molecule has 2 atom stereocenters. The average Bonchev–Trinajstić information content (AvgIpc) is 3.41. The van der Waals surface area contributed by atoms with Crippen LogP contribution in [0.1, 0.15) is 42.2 Å². The van der Waals surface area contributed by atoms with Crippen LogP contribution in [0.15, 0.2) is 41.3 Å². The highest BCUT2D eigenvalue weighted by Crippen LogP contribution is 2.41. The van der Waals surface area contributed by atoms with Gasteiger partial charge < -0.3 is 9.32 Å². The van der Waals surface area contributed by atoms with Crippen LogP contribution < -0.4 is 0 Å². The molecule has 2 unspecified atom stereocenters. The van der Waals surface area contributed by atoms with Crippen LogP contribution >= 0.6 is 0 Å². The minimum atomic E-state index is -0.00608. The molecule has 0 aliphatic carbocycles. The summed E-state index contributed by atoms with van der Waals surface area (Å²) in [6.45, 7) is 0. The van der Waals surface area contributed by atoms with Crippen LogP contribution in [-0.4, -0.2) is 48.1 Å². The van der Waals surface area contributed by atoms with E-state index in [0.29, 0.717) is 11.5 Å². The fraction of sp³-hybridized carbons (Fsp3) is 0.412. The van der Waals surface area contributed by atoms with E-state index in [9.17, 15) is 4.79 Å². The van der Waals surface area contributed by atoms with E-state index in [1.807, 2.05) is 17.0 Å². The molecule has 2 aliphatic rings. The summed E-state index contributed by atoms with van der Waals surface area (Å²) in [5, 5.41) is 15.6. The van der Waals surface area contributed by atoms with Crippen LogP contribution in [-0.2, 0) is 0 Å². The highest BCUT2D eigenvalue weighted by atomic mass is 16.3. The summed E-state index contributed by atoms with van der Waals surface area (Å²) in [4.78, 5) is 16.8. The van der Waals surface area contributed by atoms with Crippen molar-refractivity contribution in [2.24, 2.45) is 0 Å². The summed E-state index contributed by atoms with van der Waals surface area (Å²) in [5.41, 5.74) is 1.16. The van der Waals surface area contributed by atoms with Crippen molar-refractivity contribution in [3.8, 4) is 11.5 Å². The molecule has 3 aromatic heterocycles. The Hall–Kier alpha value is -2.90. The van der Waals surface area contributed by atoms with Crippen molar-refractivity contribution < 1.29 is 9.21 Å². The predicted molar refractivity (Wildman–Crippen MR) is 87.6 cm³/mol. The van der Waals surface area contributed by atoms with Crippen molar-refractivity contribution in [3.05, 3.63) is 42.5 Å². The molecule has 8 heteroatoms. The first kappa shape index (κ1) is 14.4. The number of hydrogen-bond donors (Lipinski definition) is 1. The minimum Gasteiger partial charge on any atom is -0.463 e. The quantitative estimate of drug-likeness (QED) is 0.791. The van der Waals surface area contributed by atoms with E-state index in [-0.39, 0.29) is 24.0 Å². The van der Waals surface area contributed by atoms with E-state index < -0.39 is 0 Å². The molecule has 5 rings (SSSR count). The van der Waals surface area contributed by atoms with Gasteiger partial charge in [-0.1, -0.05) is 0 Å². The number of hydrogen-bond acceptors (Lipinski definition) is 5. The van der Waals surface area contributed by atoms with E-state index in [0.717, 1.165) is 31.4 Å². The summed E-state index contributed by atoms with van der Waals surface area (Å²) in [6, 6.07) is 6.15. The smallest absolute Gasteiger partial charge is 0.274 e. The molecular formula is C17H18N6O2. The van der Waals surface area contributed by atoms with Gasteiger partial charge in [0.25, 0.3) is 5.91 Å². The normalized spacial score (nSPS) is 25.4. The molecule has 2 bridgehead atoms. The zero-order valence-corrected chi connectivity index (χ0v) is 13.6. The van der Waals surface area contributed by atoms with Crippen LogP contribution in [0.25, 0.3) is 11.5 Å². The predicted octanol–water partition coefficient (Wildman–Crippen LogP) is 2.27. The van der Waals surface area contributed by atoms with Gasteiger partial charge in [-0.05, 0) is 37.8 Å². The summed E-state index contributed by atoms with van der Waals surface area (Å²) in [5.74, 6) is 0.673. The number of aromatic amines is 1. The van der Waals surface area contributed by atoms with Crippen LogP contribution in [0.2, 0.25) is 0 Å². The lowest BCUT2D eigenvalue weighted by Crippen LogP contribution is -2.47. The van der Waals surface area contributed by atoms with Gasteiger partial charge in [-0.2, -0.15) is 20.1 Å². The third kappa shape index (κ3) is 2.36. The Balaban J connectivity index is 1.37. The molecule has 128 valence electrons. The maximum atomic E-state index is 13.0. The third-order valence-corrected chi connectivity index (χ3v) is 5.29. The number of fused-ring (bicyclic) bond motifs is 2. The average molecular weight is 338 g/mol. The fourth-order valence-electron chi connectivity index (χ4n) is 4.20. The third-order valence-electron chi connectivity index (χ3n) is 5.29. The second-order valence-corrected chi connectivity index (χ2v) is 6.72. The highest BCUT2D eigenvalue weighted by molar-refractivity contribution is 5.94. The lowest BCUT2D eigenvalue weighted by molar-refractivity contribution is 0.0506. The first-order valence-corrected chi connectivity index (χ1v) is 8.57. The van der Waals surface area contributed by atoms with Gasteiger partial charge in [0.15, 0.2) is 11.5 Å². The van der Waals surface area contributed by atoms with Gasteiger partial charge in [-0.3, -0.25) is 9.89 Å². The monoisotopic (exact) mass is 338 g/mol. The van der Waals surface area contributed by atoms with Crippen molar-refractivity contribution in [2.75, 3.05) is 0 Å². The number of rotatable bonds is 3. The van der Waals surface area contributed by atoms with Gasteiger partial charge in [0.05, 0.1) is 24.7 Å². The first-order valence-electron chi connectivity index (χ1n) is 8.57. The molecule has 2 fully saturated rings. The van der Waals surface area contributed by atoms with Crippen molar-refractivity contribution in [1.29, 1.82) is 0 Å². The molecule has 3 aromatic rings.